The smallest absolute Gasteiger partial charge is 0.0428 e. The number of benzene rings is 1. The molecule has 0 amide bonds. The summed E-state index contributed by atoms with van der Waals surface area (Å²) in [6.45, 7) is 6.54. The van der Waals surface area contributed by atoms with Gasteiger partial charge in [0.15, 0.2) is 0 Å². The van der Waals surface area contributed by atoms with Crippen LogP contribution in [0.5, 0.6) is 0 Å². The Kier molecular flexibility index (Phi) is 1.72. The quantitative estimate of drug-likeness (QED) is 0.596. The van der Waals surface area contributed by atoms with E-state index < -0.39 is 0 Å². The van der Waals surface area contributed by atoms with Crippen LogP contribution in [0.1, 0.15) is 30.9 Å². The number of hydrogen-bond acceptors (Lipinski definition) is 2. The molecular weight excluding hydrogens is 160 g/mol. The number of nitrogens with two attached hydrogens (primary N) is 1. The van der Waals surface area contributed by atoms with Crippen LogP contribution < -0.4 is 11.1 Å². The zero-order chi connectivity index (χ0) is 9.59. The Labute approximate surface area is 79.1 Å². The molecular formula is C11H16N2. The van der Waals surface area contributed by atoms with Gasteiger partial charge in [0.1, 0.15) is 0 Å². The van der Waals surface area contributed by atoms with Gasteiger partial charge in [0.25, 0.3) is 0 Å². The summed E-state index contributed by atoms with van der Waals surface area (Å²) in [5.41, 5.74) is 10.7. The number of aryl methyl sites for hydroxylation is 1. The standard InChI is InChI=1S/C11H16N2/c1-6-4-5-9(12)10-7(2)8(3)13-11(6)10/h4-5,7-8,13H,12H2,1-3H3. The number of hydrogen-bond donors (Lipinski definition) is 2. The molecule has 1 aromatic rings. The molecule has 2 heteroatoms. The SMILES string of the molecule is Cc1ccc(N)c2c1NC(C)C2C. The van der Waals surface area contributed by atoms with Crippen molar-refractivity contribution < 1.29 is 0 Å². The van der Waals surface area contributed by atoms with Crippen LogP contribution in [0.15, 0.2) is 12.1 Å². The summed E-state index contributed by atoms with van der Waals surface area (Å²) in [6.07, 6.45) is 0. The number of anilines is 2. The summed E-state index contributed by atoms with van der Waals surface area (Å²) < 4.78 is 0. The molecule has 0 radical (unpaired) electrons. The van der Waals surface area contributed by atoms with Crippen LogP contribution in [0, 0.1) is 6.92 Å². The molecule has 0 aromatic heterocycles. The average Bonchev–Trinajstić information content (AvgIpc) is 2.38. The Bertz CT molecular complexity index is 344. The number of rotatable bonds is 0. The van der Waals surface area contributed by atoms with Crippen LogP contribution in [-0.4, -0.2) is 6.04 Å². The molecule has 1 aliphatic heterocycles. The Morgan fingerprint density at radius 3 is 2.62 bits per heavy atom. The van der Waals surface area contributed by atoms with E-state index in [0.717, 1.165) is 5.69 Å². The van der Waals surface area contributed by atoms with Crippen molar-refractivity contribution in [1.82, 2.24) is 0 Å². The van der Waals surface area contributed by atoms with E-state index in [2.05, 4.69) is 32.2 Å². The van der Waals surface area contributed by atoms with Crippen LogP contribution in [0.3, 0.4) is 0 Å². The van der Waals surface area contributed by atoms with Gasteiger partial charge in [0.05, 0.1) is 0 Å². The van der Waals surface area contributed by atoms with Gasteiger partial charge in [0.2, 0.25) is 0 Å². The molecule has 1 aliphatic rings. The highest BCUT2D eigenvalue weighted by Crippen LogP contribution is 2.41. The lowest BCUT2D eigenvalue weighted by molar-refractivity contribution is 0.691. The van der Waals surface area contributed by atoms with E-state index in [4.69, 9.17) is 5.73 Å². The molecule has 0 saturated carbocycles. The molecule has 70 valence electrons. The fourth-order valence-electron chi connectivity index (χ4n) is 2.03. The molecule has 1 heterocycles. The van der Waals surface area contributed by atoms with Crippen molar-refractivity contribution in [2.75, 3.05) is 11.1 Å². The van der Waals surface area contributed by atoms with Crippen molar-refractivity contribution in [2.45, 2.75) is 32.7 Å². The predicted octanol–water partition coefficient (Wildman–Crippen LogP) is 2.49. The molecule has 0 saturated heterocycles. The Balaban J connectivity index is 2.61. The second-order valence-electron chi connectivity index (χ2n) is 3.98. The second-order valence-corrected chi connectivity index (χ2v) is 3.98. The summed E-state index contributed by atoms with van der Waals surface area (Å²) in [5.74, 6) is 0.523. The lowest BCUT2D eigenvalue weighted by atomic mass is 9.95. The van der Waals surface area contributed by atoms with Crippen LogP contribution >= 0.6 is 0 Å². The van der Waals surface area contributed by atoms with Gasteiger partial charge < -0.3 is 11.1 Å². The summed E-state index contributed by atoms with van der Waals surface area (Å²) in [6, 6.07) is 4.58. The second kappa shape index (κ2) is 2.66. The van der Waals surface area contributed by atoms with E-state index in [-0.39, 0.29) is 0 Å². The summed E-state index contributed by atoms with van der Waals surface area (Å²) in [5, 5.41) is 3.48. The summed E-state index contributed by atoms with van der Waals surface area (Å²) in [4.78, 5) is 0. The van der Waals surface area contributed by atoms with Crippen molar-refractivity contribution in [3.8, 4) is 0 Å². The first-order valence-electron chi connectivity index (χ1n) is 4.76. The minimum Gasteiger partial charge on any atom is -0.398 e. The van der Waals surface area contributed by atoms with Gasteiger partial charge in [-0.25, -0.2) is 0 Å². The molecule has 2 atom stereocenters. The lowest BCUT2D eigenvalue weighted by Crippen LogP contribution is -2.13. The largest absolute Gasteiger partial charge is 0.398 e. The highest BCUT2D eigenvalue weighted by atomic mass is 15.0. The molecule has 2 rings (SSSR count). The maximum absolute atomic E-state index is 5.95. The minimum absolute atomic E-state index is 0.499. The molecule has 3 N–H and O–H groups in total. The van der Waals surface area contributed by atoms with Gasteiger partial charge >= 0.3 is 0 Å². The summed E-state index contributed by atoms with van der Waals surface area (Å²) in [7, 11) is 0. The van der Waals surface area contributed by atoms with Gasteiger partial charge in [-0.05, 0) is 25.5 Å². The van der Waals surface area contributed by atoms with Crippen LogP contribution in [0.25, 0.3) is 0 Å². The average molecular weight is 176 g/mol. The van der Waals surface area contributed by atoms with E-state index in [1.54, 1.807) is 0 Å². The highest BCUT2D eigenvalue weighted by Gasteiger charge is 2.27. The minimum atomic E-state index is 0.499. The topological polar surface area (TPSA) is 38.0 Å². The van der Waals surface area contributed by atoms with Crippen molar-refractivity contribution in [1.29, 1.82) is 0 Å². The zero-order valence-electron chi connectivity index (χ0n) is 8.39. The molecule has 0 bridgehead atoms. The van der Waals surface area contributed by atoms with Gasteiger partial charge in [0, 0.05) is 28.9 Å². The van der Waals surface area contributed by atoms with E-state index in [1.807, 2.05) is 6.07 Å². The Morgan fingerprint density at radius 1 is 1.31 bits per heavy atom. The van der Waals surface area contributed by atoms with E-state index in [1.165, 1.54) is 16.8 Å². The van der Waals surface area contributed by atoms with E-state index >= 15 is 0 Å². The number of nitrogens with one attached hydrogen (secondary N) is 1. The monoisotopic (exact) mass is 176 g/mol. The molecule has 0 spiro atoms. The first-order valence-corrected chi connectivity index (χ1v) is 4.76. The first kappa shape index (κ1) is 8.42. The van der Waals surface area contributed by atoms with Gasteiger partial charge in [-0.3, -0.25) is 0 Å². The third-order valence-corrected chi connectivity index (χ3v) is 3.06. The van der Waals surface area contributed by atoms with Gasteiger partial charge in [-0.2, -0.15) is 0 Å². The van der Waals surface area contributed by atoms with Gasteiger partial charge in [-0.1, -0.05) is 13.0 Å². The van der Waals surface area contributed by atoms with Crippen LogP contribution in [0.4, 0.5) is 11.4 Å². The third-order valence-electron chi connectivity index (χ3n) is 3.06. The number of fused-ring (bicyclic) bond motifs is 1. The van der Waals surface area contributed by atoms with Crippen molar-refractivity contribution in [3.63, 3.8) is 0 Å². The van der Waals surface area contributed by atoms with Crippen molar-refractivity contribution >= 4 is 11.4 Å². The van der Waals surface area contributed by atoms with E-state index in [0.29, 0.717) is 12.0 Å². The lowest BCUT2D eigenvalue weighted by Gasteiger charge is -2.10. The van der Waals surface area contributed by atoms with Crippen LogP contribution in [0.2, 0.25) is 0 Å². The summed E-state index contributed by atoms with van der Waals surface area (Å²) >= 11 is 0. The maximum Gasteiger partial charge on any atom is 0.0428 e. The zero-order valence-corrected chi connectivity index (χ0v) is 8.39. The number of nitrogen functional groups attached to an aromatic ring is 1. The van der Waals surface area contributed by atoms with Crippen molar-refractivity contribution in [2.24, 2.45) is 0 Å². The Morgan fingerprint density at radius 2 is 2.00 bits per heavy atom. The first-order chi connectivity index (χ1) is 6.11. The fourth-order valence-corrected chi connectivity index (χ4v) is 2.03. The van der Waals surface area contributed by atoms with Crippen LogP contribution in [-0.2, 0) is 0 Å². The third kappa shape index (κ3) is 1.09. The maximum atomic E-state index is 5.95. The fraction of sp³-hybridized carbons (Fsp3) is 0.455. The normalized spacial score (nSPS) is 25.5. The van der Waals surface area contributed by atoms with Gasteiger partial charge in [-0.15, -0.1) is 0 Å². The molecule has 0 fully saturated rings. The predicted molar refractivity (Wildman–Crippen MR) is 57.1 cm³/mol. The molecule has 13 heavy (non-hydrogen) atoms. The Hall–Kier alpha value is -1.18. The highest BCUT2D eigenvalue weighted by molar-refractivity contribution is 5.72. The molecule has 2 nitrogen and oxygen atoms in total. The van der Waals surface area contributed by atoms with Crippen molar-refractivity contribution in [3.05, 3.63) is 23.3 Å². The molecule has 1 aromatic carbocycles. The van der Waals surface area contributed by atoms with E-state index in [9.17, 15) is 0 Å². The molecule has 2 unspecified atom stereocenters. The molecule has 0 aliphatic carbocycles.